The van der Waals surface area contributed by atoms with E-state index in [2.05, 4.69) is 10.1 Å². The zero-order valence-electron chi connectivity index (χ0n) is 16.6. The Kier molecular flexibility index (Phi) is 7.38. The Bertz CT molecular complexity index is 929. The summed E-state index contributed by atoms with van der Waals surface area (Å²) in [4.78, 5) is 12.6. The van der Waals surface area contributed by atoms with E-state index in [0.717, 1.165) is 22.4 Å². The first-order chi connectivity index (χ1) is 14.5. The molecule has 1 amide bonds. The van der Waals surface area contributed by atoms with Gasteiger partial charge in [-0.05, 0) is 47.4 Å². The number of halogens is 2. The minimum atomic E-state index is -2.88. The molecule has 156 valence electrons. The van der Waals surface area contributed by atoms with Crippen molar-refractivity contribution >= 4 is 5.91 Å². The molecule has 1 N–H and O–H groups in total. The number of amides is 1. The van der Waals surface area contributed by atoms with Gasteiger partial charge < -0.3 is 14.8 Å². The van der Waals surface area contributed by atoms with Crippen LogP contribution in [0.1, 0.15) is 29.2 Å². The van der Waals surface area contributed by atoms with E-state index in [1.165, 1.54) is 12.1 Å². The Morgan fingerprint density at radius 2 is 1.47 bits per heavy atom. The van der Waals surface area contributed by atoms with Gasteiger partial charge in [-0.1, -0.05) is 54.6 Å². The van der Waals surface area contributed by atoms with E-state index in [4.69, 9.17) is 4.74 Å². The molecule has 3 aromatic carbocycles. The molecular formula is C24H23F2NO3. The number of rotatable bonds is 9. The molecule has 30 heavy (non-hydrogen) atoms. The van der Waals surface area contributed by atoms with E-state index in [9.17, 15) is 13.6 Å². The van der Waals surface area contributed by atoms with E-state index in [1.54, 1.807) is 19.2 Å². The van der Waals surface area contributed by atoms with Crippen molar-refractivity contribution in [3.8, 4) is 11.5 Å². The van der Waals surface area contributed by atoms with Crippen LogP contribution in [0.4, 0.5) is 8.78 Å². The molecule has 0 saturated carbocycles. The molecule has 1 unspecified atom stereocenters. The number of hydrogen-bond acceptors (Lipinski definition) is 3. The van der Waals surface area contributed by atoms with Crippen LogP contribution in [0.2, 0.25) is 0 Å². The first kappa shape index (κ1) is 21.3. The highest BCUT2D eigenvalue weighted by Crippen LogP contribution is 2.25. The van der Waals surface area contributed by atoms with Crippen molar-refractivity contribution in [3.63, 3.8) is 0 Å². The molecule has 0 fully saturated rings. The number of benzene rings is 3. The average Bonchev–Trinajstić information content (AvgIpc) is 2.77. The predicted molar refractivity (Wildman–Crippen MR) is 111 cm³/mol. The van der Waals surface area contributed by atoms with E-state index in [0.29, 0.717) is 12.8 Å². The quantitative estimate of drug-likeness (QED) is 0.531. The van der Waals surface area contributed by atoms with E-state index < -0.39 is 12.7 Å². The number of ether oxygens (including phenoxy) is 2. The highest BCUT2D eigenvalue weighted by Gasteiger charge is 2.17. The van der Waals surface area contributed by atoms with Crippen molar-refractivity contribution in [3.05, 3.63) is 95.6 Å². The van der Waals surface area contributed by atoms with Crippen LogP contribution in [0, 0.1) is 0 Å². The number of aryl methyl sites for hydroxylation is 1. The van der Waals surface area contributed by atoms with Crippen LogP contribution in [0.25, 0.3) is 0 Å². The smallest absolute Gasteiger partial charge is 0.387 e. The van der Waals surface area contributed by atoms with Crippen LogP contribution in [0.5, 0.6) is 11.5 Å². The van der Waals surface area contributed by atoms with Gasteiger partial charge in [-0.15, -0.1) is 0 Å². The molecule has 6 heteroatoms. The zero-order valence-corrected chi connectivity index (χ0v) is 16.6. The molecule has 0 aliphatic heterocycles. The zero-order chi connectivity index (χ0) is 21.3. The number of carbonyl (C=O) groups excluding carboxylic acids is 1. The van der Waals surface area contributed by atoms with Crippen molar-refractivity contribution in [2.75, 3.05) is 7.11 Å². The lowest BCUT2D eigenvalue weighted by molar-refractivity contribution is -0.121. The lowest BCUT2D eigenvalue weighted by Crippen LogP contribution is -2.29. The third kappa shape index (κ3) is 6.04. The van der Waals surface area contributed by atoms with Gasteiger partial charge in [-0.25, -0.2) is 0 Å². The van der Waals surface area contributed by atoms with Crippen molar-refractivity contribution in [1.82, 2.24) is 5.32 Å². The third-order valence-electron chi connectivity index (χ3n) is 4.68. The van der Waals surface area contributed by atoms with Crippen molar-refractivity contribution in [1.29, 1.82) is 0 Å². The normalized spacial score (nSPS) is 11.7. The molecule has 0 aromatic heterocycles. The number of nitrogens with one attached hydrogen (secondary N) is 1. The Labute approximate surface area is 174 Å². The molecule has 0 spiro atoms. The molecule has 3 aromatic rings. The fourth-order valence-electron chi connectivity index (χ4n) is 3.13. The van der Waals surface area contributed by atoms with Crippen molar-refractivity contribution in [2.24, 2.45) is 0 Å². The van der Waals surface area contributed by atoms with Gasteiger partial charge in [-0.3, -0.25) is 4.79 Å². The molecule has 0 aliphatic rings. The van der Waals surface area contributed by atoms with Gasteiger partial charge in [0.25, 0.3) is 0 Å². The second-order valence-corrected chi connectivity index (χ2v) is 6.71. The van der Waals surface area contributed by atoms with Gasteiger partial charge in [0.15, 0.2) is 0 Å². The predicted octanol–water partition coefficient (Wildman–Crippen LogP) is 5.14. The van der Waals surface area contributed by atoms with Gasteiger partial charge in [-0.2, -0.15) is 8.78 Å². The van der Waals surface area contributed by atoms with Crippen LogP contribution in [0.3, 0.4) is 0 Å². The van der Waals surface area contributed by atoms with Gasteiger partial charge in [0.2, 0.25) is 5.91 Å². The summed E-state index contributed by atoms with van der Waals surface area (Å²) < 4.78 is 34.4. The first-order valence-corrected chi connectivity index (χ1v) is 9.57. The minimum absolute atomic E-state index is 0.0754. The highest BCUT2D eigenvalue weighted by molar-refractivity contribution is 5.77. The first-order valence-electron chi connectivity index (χ1n) is 9.57. The Hall–Kier alpha value is -3.41. The van der Waals surface area contributed by atoms with Crippen LogP contribution >= 0.6 is 0 Å². The fourth-order valence-corrected chi connectivity index (χ4v) is 3.13. The SMILES string of the molecule is COc1ccc(CCC(=O)NC(c2ccccc2)c2ccc(OC(F)F)cc2)cc1. The van der Waals surface area contributed by atoms with Crippen LogP contribution in [-0.2, 0) is 11.2 Å². The number of methoxy groups -OCH3 is 1. The molecule has 0 heterocycles. The second-order valence-electron chi connectivity index (χ2n) is 6.71. The fraction of sp³-hybridized carbons (Fsp3) is 0.208. The van der Waals surface area contributed by atoms with Crippen molar-refractivity contribution < 1.29 is 23.0 Å². The van der Waals surface area contributed by atoms with E-state index in [1.807, 2.05) is 54.6 Å². The standard InChI is InChI=1S/C24H23F2NO3/c1-29-20-12-7-17(8-13-20)9-16-22(28)27-23(18-5-3-2-4-6-18)19-10-14-21(15-11-19)30-24(25)26/h2-8,10-15,23-24H,9,16H2,1H3,(H,27,28). The van der Waals surface area contributed by atoms with Crippen LogP contribution < -0.4 is 14.8 Å². The summed E-state index contributed by atoms with van der Waals surface area (Å²) in [5.74, 6) is 0.741. The number of hydrogen-bond donors (Lipinski definition) is 1. The summed E-state index contributed by atoms with van der Waals surface area (Å²) in [6, 6.07) is 23.0. The van der Waals surface area contributed by atoms with E-state index >= 15 is 0 Å². The maximum absolute atomic E-state index is 12.6. The Morgan fingerprint density at radius 1 is 0.867 bits per heavy atom. The average molecular weight is 411 g/mol. The summed E-state index contributed by atoms with van der Waals surface area (Å²) >= 11 is 0. The summed E-state index contributed by atoms with van der Waals surface area (Å²) in [5.41, 5.74) is 2.72. The van der Waals surface area contributed by atoms with Gasteiger partial charge in [0.05, 0.1) is 13.2 Å². The minimum Gasteiger partial charge on any atom is -0.497 e. The maximum Gasteiger partial charge on any atom is 0.387 e. The summed E-state index contributed by atoms with van der Waals surface area (Å²) in [5, 5.41) is 3.05. The summed E-state index contributed by atoms with van der Waals surface area (Å²) in [6.07, 6.45) is 0.917. The van der Waals surface area contributed by atoms with E-state index in [-0.39, 0.29) is 11.7 Å². The van der Waals surface area contributed by atoms with Crippen molar-refractivity contribution in [2.45, 2.75) is 25.5 Å². The monoisotopic (exact) mass is 411 g/mol. The lowest BCUT2D eigenvalue weighted by atomic mass is 9.98. The number of carbonyl (C=O) groups is 1. The third-order valence-corrected chi connectivity index (χ3v) is 4.68. The largest absolute Gasteiger partial charge is 0.497 e. The molecule has 3 rings (SSSR count). The van der Waals surface area contributed by atoms with Gasteiger partial charge in [0, 0.05) is 6.42 Å². The van der Waals surface area contributed by atoms with Gasteiger partial charge >= 0.3 is 6.61 Å². The number of alkyl halides is 2. The molecule has 0 radical (unpaired) electrons. The maximum atomic E-state index is 12.6. The molecule has 4 nitrogen and oxygen atoms in total. The molecule has 0 saturated heterocycles. The molecule has 1 atom stereocenters. The summed E-state index contributed by atoms with van der Waals surface area (Å²) in [7, 11) is 1.61. The molecule has 0 bridgehead atoms. The van der Waals surface area contributed by atoms with Crippen LogP contribution in [-0.4, -0.2) is 19.6 Å². The van der Waals surface area contributed by atoms with Crippen LogP contribution in [0.15, 0.2) is 78.9 Å². The Morgan fingerprint density at radius 3 is 2.07 bits per heavy atom. The highest BCUT2D eigenvalue weighted by atomic mass is 19.3. The topological polar surface area (TPSA) is 47.6 Å². The second kappa shape index (κ2) is 10.4. The van der Waals surface area contributed by atoms with Gasteiger partial charge in [0.1, 0.15) is 11.5 Å². The molecule has 0 aliphatic carbocycles. The Balaban J connectivity index is 1.70. The molecular weight excluding hydrogens is 388 g/mol. The lowest BCUT2D eigenvalue weighted by Gasteiger charge is -2.20. The summed E-state index contributed by atoms with van der Waals surface area (Å²) in [6.45, 7) is -2.88.